The number of carbonyl (C=O) groups is 1. The number of rotatable bonds is 11. The minimum atomic E-state index is -8.48. The van der Waals surface area contributed by atoms with Crippen LogP contribution in [-0.4, -0.2) is 65.0 Å². The van der Waals surface area contributed by atoms with Crippen LogP contribution in [0, 0.1) is 0 Å². The molecule has 2 unspecified atom stereocenters. The van der Waals surface area contributed by atoms with Gasteiger partial charge in [-0.1, -0.05) is 6.58 Å². The molecular weight excluding hydrogens is 539 g/mol. The van der Waals surface area contributed by atoms with Crippen LogP contribution in [0.4, 0.5) is 74.6 Å². The van der Waals surface area contributed by atoms with Crippen LogP contribution in [0.1, 0.15) is 12.8 Å². The number of aliphatic hydroxyl groups is 1. The van der Waals surface area contributed by atoms with Crippen LogP contribution in [0.25, 0.3) is 0 Å². The highest BCUT2D eigenvalue weighted by Gasteiger charge is 2.93. The predicted molar refractivity (Wildman–Crippen MR) is 72.2 cm³/mol. The molecule has 0 aromatic carbocycles. The highest BCUT2D eigenvalue weighted by atomic mass is 19.4. The van der Waals surface area contributed by atoms with Gasteiger partial charge < -0.3 is 9.84 Å². The van der Waals surface area contributed by atoms with Gasteiger partial charge in [0, 0.05) is 12.5 Å². The molecule has 0 aromatic heterocycles. The minimum Gasteiger partial charge on any atom is -0.393 e. The third-order valence-electron chi connectivity index (χ3n) is 3.87. The molecule has 0 radical (unpaired) electrons. The van der Waals surface area contributed by atoms with Crippen molar-refractivity contribution < 1.29 is 89.3 Å². The summed E-state index contributed by atoms with van der Waals surface area (Å²) in [4.78, 5) is 10.5. The summed E-state index contributed by atoms with van der Waals surface area (Å²) in [6.45, 7) is 2.33. The second-order valence-electron chi connectivity index (χ2n) is 6.31. The SMILES string of the molecule is C=CC(=O)OC(F)(F)C(O)(F)C(F)(F)C(F)(F)C(F)(F)C(F)(F)C(F)(F)C(F)CCC(F)(F)F. The number of hydrogen-bond acceptors (Lipinski definition) is 3. The Labute approximate surface area is 176 Å². The number of alkyl halides is 17. The van der Waals surface area contributed by atoms with E-state index in [1.807, 2.05) is 0 Å². The standard InChI is InChI=1S/C14H9F17O3/c1-2-6(32)34-14(30,31)13(29,33)12(27,28)11(25,26)10(23,24)9(21,22)8(19,20)5(15)3-4-7(16,17)18/h2,5,33H,1,3-4H2. The molecule has 1 N–H and O–H groups in total. The average molecular weight is 548 g/mol. The van der Waals surface area contributed by atoms with Crippen LogP contribution in [0.5, 0.6) is 0 Å². The van der Waals surface area contributed by atoms with E-state index in [1.54, 1.807) is 0 Å². The van der Waals surface area contributed by atoms with Gasteiger partial charge in [-0.05, 0) is 6.42 Å². The zero-order valence-electron chi connectivity index (χ0n) is 15.5. The van der Waals surface area contributed by atoms with Crippen LogP contribution < -0.4 is 0 Å². The Morgan fingerprint density at radius 3 is 1.50 bits per heavy atom. The molecule has 0 rings (SSSR count). The summed E-state index contributed by atoms with van der Waals surface area (Å²) in [6, 6.07) is 0. The molecule has 202 valence electrons. The molecule has 0 aliphatic carbocycles. The van der Waals surface area contributed by atoms with E-state index in [9.17, 15) is 79.4 Å². The third kappa shape index (κ3) is 5.00. The summed E-state index contributed by atoms with van der Waals surface area (Å²) in [7, 11) is 0. The molecule has 0 saturated heterocycles. The molecule has 0 spiro atoms. The van der Waals surface area contributed by atoms with E-state index in [-0.39, 0.29) is 0 Å². The molecule has 0 aliphatic rings. The maximum absolute atomic E-state index is 13.6. The predicted octanol–water partition coefficient (Wildman–Crippen LogP) is 5.82. The lowest BCUT2D eigenvalue weighted by Gasteiger charge is -2.43. The van der Waals surface area contributed by atoms with Crippen LogP contribution in [0.2, 0.25) is 0 Å². The van der Waals surface area contributed by atoms with Crippen molar-refractivity contribution >= 4 is 5.97 Å². The molecule has 0 heterocycles. The second kappa shape index (κ2) is 8.89. The summed E-state index contributed by atoms with van der Waals surface area (Å²) in [5.41, 5.74) is 0. The largest absolute Gasteiger partial charge is 0.468 e. The van der Waals surface area contributed by atoms with Crippen molar-refractivity contribution in [2.24, 2.45) is 0 Å². The second-order valence-corrected chi connectivity index (χ2v) is 6.31. The van der Waals surface area contributed by atoms with Crippen LogP contribution in [0.15, 0.2) is 12.7 Å². The van der Waals surface area contributed by atoms with Gasteiger partial charge in [0.25, 0.3) is 0 Å². The van der Waals surface area contributed by atoms with Gasteiger partial charge in [0.2, 0.25) is 0 Å². The fourth-order valence-electron chi connectivity index (χ4n) is 1.90. The number of ether oxygens (including phenoxy) is 1. The van der Waals surface area contributed by atoms with Crippen molar-refractivity contribution in [2.45, 2.75) is 66.8 Å². The Bertz CT molecular complexity index is 755. The van der Waals surface area contributed by atoms with E-state index in [0.717, 1.165) is 0 Å². The molecule has 0 aliphatic heterocycles. The van der Waals surface area contributed by atoms with Gasteiger partial charge in [0.1, 0.15) is 0 Å². The van der Waals surface area contributed by atoms with Gasteiger partial charge in [-0.3, -0.25) is 0 Å². The maximum Gasteiger partial charge on any atom is 0.468 e. The van der Waals surface area contributed by atoms with Gasteiger partial charge in [-0.2, -0.15) is 70.2 Å². The molecule has 20 heteroatoms. The van der Waals surface area contributed by atoms with E-state index in [4.69, 9.17) is 5.11 Å². The van der Waals surface area contributed by atoms with Crippen molar-refractivity contribution in [2.75, 3.05) is 0 Å². The van der Waals surface area contributed by atoms with Gasteiger partial charge in [-0.15, -0.1) is 0 Å². The van der Waals surface area contributed by atoms with E-state index >= 15 is 0 Å². The zero-order chi connectivity index (χ0) is 28.0. The van der Waals surface area contributed by atoms with Gasteiger partial charge in [-0.25, -0.2) is 9.18 Å². The Morgan fingerprint density at radius 2 is 1.15 bits per heavy atom. The molecule has 0 bridgehead atoms. The lowest BCUT2D eigenvalue weighted by Crippen LogP contribution is -2.75. The zero-order valence-corrected chi connectivity index (χ0v) is 15.5. The minimum absolute atomic E-state index is 0.411. The van der Waals surface area contributed by atoms with E-state index in [1.165, 1.54) is 0 Å². The Balaban J connectivity index is 6.51. The highest BCUT2D eigenvalue weighted by molar-refractivity contribution is 5.81. The summed E-state index contributed by atoms with van der Waals surface area (Å²) in [6.07, 6.45) is -23.6. The van der Waals surface area contributed by atoms with Gasteiger partial charge in [0.05, 0.1) is 0 Å². The first kappa shape index (κ1) is 32.0. The molecule has 34 heavy (non-hydrogen) atoms. The molecule has 0 fully saturated rings. The lowest BCUT2D eigenvalue weighted by molar-refractivity contribution is -0.476. The van der Waals surface area contributed by atoms with E-state index in [2.05, 4.69) is 11.3 Å². The van der Waals surface area contributed by atoms with Crippen molar-refractivity contribution in [3.8, 4) is 0 Å². The van der Waals surface area contributed by atoms with Crippen LogP contribution in [-0.2, 0) is 9.53 Å². The molecule has 3 nitrogen and oxygen atoms in total. The van der Waals surface area contributed by atoms with E-state index < -0.39 is 78.8 Å². The summed E-state index contributed by atoms with van der Waals surface area (Å²) in [5.74, 6) is -50.8. The molecule has 2 atom stereocenters. The number of esters is 1. The first-order valence-electron chi connectivity index (χ1n) is 7.83. The Kier molecular flexibility index (Phi) is 8.36. The quantitative estimate of drug-likeness (QED) is 0.201. The third-order valence-corrected chi connectivity index (χ3v) is 3.87. The molecule has 0 amide bonds. The fourth-order valence-corrected chi connectivity index (χ4v) is 1.90. The molecule has 0 saturated carbocycles. The van der Waals surface area contributed by atoms with Crippen LogP contribution >= 0.6 is 0 Å². The highest BCUT2D eigenvalue weighted by Crippen LogP contribution is 2.62. The van der Waals surface area contributed by atoms with Crippen LogP contribution in [0.3, 0.4) is 0 Å². The fraction of sp³-hybridized carbons (Fsp3) is 0.786. The summed E-state index contributed by atoms with van der Waals surface area (Å²) >= 11 is 0. The summed E-state index contributed by atoms with van der Waals surface area (Å²) in [5, 5.41) is 8.44. The monoisotopic (exact) mass is 548 g/mol. The number of halogens is 17. The van der Waals surface area contributed by atoms with Gasteiger partial charge in [0.15, 0.2) is 6.17 Å². The summed E-state index contributed by atoms with van der Waals surface area (Å²) < 4.78 is 227. The molecule has 0 aromatic rings. The Morgan fingerprint density at radius 1 is 0.765 bits per heavy atom. The lowest BCUT2D eigenvalue weighted by atomic mass is 9.88. The van der Waals surface area contributed by atoms with Crippen molar-refractivity contribution in [1.29, 1.82) is 0 Å². The average Bonchev–Trinajstić information content (AvgIpc) is 2.63. The van der Waals surface area contributed by atoms with Gasteiger partial charge >= 0.3 is 53.7 Å². The van der Waals surface area contributed by atoms with Crippen molar-refractivity contribution in [1.82, 2.24) is 0 Å². The first-order valence-corrected chi connectivity index (χ1v) is 7.83. The van der Waals surface area contributed by atoms with Crippen molar-refractivity contribution in [3.63, 3.8) is 0 Å². The number of hydrogen-bond donors (Lipinski definition) is 1. The van der Waals surface area contributed by atoms with Crippen molar-refractivity contribution in [3.05, 3.63) is 12.7 Å². The van der Waals surface area contributed by atoms with E-state index in [0.29, 0.717) is 0 Å². The smallest absolute Gasteiger partial charge is 0.393 e. The Hall–Kier alpha value is -2.02. The topological polar surface area (TPSA) is 46.5 Å². The maximum atomic E-state index is 13.6. The molecular formula is C14H9F17O3. The number of carbonyl (C=O) groups excluding carboxylic acids is 1. The normalized spacial score (nSPS) is 17.7. The first-order chi connectivity index (χ1) is 14.6.